The molecule has 22 heavy (non-hydrogen) atoms. The predicted octanol–water partition coefficient (Wildman–Crippen LogP) is 3.44. The van der Waals surface area contributed by atoms with E-state index in [1.54, 1.807) is 16.9 Å². The summed E-state index contributed by atoms with van der Waals surface area (Å²) in [6.45, 7) is 6.78. The van der Waals surface area contributed by atoms with E-state index in [1.165, 1.54) is 25.7 Å². The van der Waals surface area contributed by atoms with E-state index < -0.39 is 0 Å². The number of allylic oxidation sites excluding steroid dienone is 1. The maximum absolute atomic E-state index is 4.64. The average Bonchev–Trinajstić information content (AvgIpc) is 2.94. The number of aliphatic imine (C=N–C) groups is 1. The van der Waals surface area contributed by atoms with E-state index >= 15 is 0 Å². The Bertz CT molecular complexity index is 505. The number of hydrogen-bond acceptors (Lipinski definition) is 3. The Balaban J connectivity index is 1.73. The van der Waals surface area contributed by atoms with Gasteiger partial charge in [-0.05, 0) is 46.0 Å². The van der Waals surface area contributed by atoms with Gasteiger partial charge in [0.1, 0.15) is 0 Å². The summed E-state index contributed by atoms with van der Waals surface area (Å²) < 4.78 is 0. The SMILES string of the molecule is CCNC(=NCCc1csc(C)n1)NCCC1=CCCCC1. The fourth-order valence-corrected chi connectivity index (χ4v) is 3.27. The monoisotopic (exact) mass is 320 g/mol. The molecule has 1 aromatic heterocycles. The Morgan fingerprint density at radius 1 is 1.32 bits per heavy atom. The Hall–Kier alpha value is -1.36. The maximum Gasteiger partial charge on any atom is 0.191 e. The largest absolute Gasteiger partial charge is 0.357 e. The normalized spacial score (nSPS) is 15.5. The first-order valence-electron chi connectivity index (χ1n) is 8.39. The van der Waals surface area contributed by atoms with E-state index in [-0.39, 0.29) is 0 Å². The molecular weight excluding hydrogens is 292 g/mol. The summed E-state index contributed by atoms with van der Waals surface area (Å²) in [6.07, 6.45) is 9.71. The highest BCUT2D eigenvalue weighted by Crippen LogP contribution is 2.19. The van der Waals surface area contributed by atoms with Crippen LogP contribution >= 0.6 is 11.3 Å². The summed E-state index contributed by atoms with van der Waals surface area (Å²) in [5, 5.41) is 10.0. The van der Waals surface area contributed by atoms with Crippen molar-refractivity contribution in [1.82, 2.24) is 15.6 Å². The summed E-state index contributed by atoms with van der Waals surface area (Å²) in [4.78, 5) is 9.12. The molecule has 0 aliphatic heterocycles. The lowest BCUT2D eigenvalue weighted by atomic mass is 9.97. The van der Waals surface area contributed by atoms with Crippen LogP contribution in [0.25, 0.3) is 0 Å². The first-order valence-corrected chi connectivity index (χ1v) is 9.27. The minimum atomic E-state index is 0.779. The van der Waals surface area contributed by atoms with Crippen molar-refractivity contribution in [3.05, 3.63) is 27.7 Å². The third kappa shape index (κ3) is 6.18. The van der Waals surface area contributed by atoms with Crippen molar-refractivity contribution in [2.24, 2.45) is 4.99 Å². The quantitative estimate of drug-likeness (QED) is 0.460. The van der Waals surface area contributed by atoms with E-state index in [0.29, 0.717) is 0 Å². The molecule has 0 saturated heterocycles. The molecule has 0 unspecified atom stereocenters. The highest BCUT2D eigenvalue weighted by Gasteiger charge is 2.04. The van der Waals surface area contributed by atoms with E-state index in [1.807, 2.05) is 6.92 Å². The lowest BCUT2D eigenvalue weighted by Crippen LogP contribution is -2.38. The zero-order valence-electron chi connectivity index (χ0n) is 13.8. The Morgan fingerprint density at radius 3 is 2.91 bits per heavy atom. The van der Waals surface area contributed by atoms with Gasteiger partial charge in [0.25, 0.3) is 0 Å². The van der Waals surface area contributed by atoms with Crippen molar-refractivity contribution >= 4 is 17.3 Å². The van der Waals surface area contributed by atoms with Crippen molar-refractivity contribution in [2.45, 2.75) is 52.4 Å². The molecule has 0 spiro atoms. The summed E-state index contributed by atoms with van der Waals surface area (Å²) in [6, 6.07) is 0. The summed E-state index contributed by atoms with van der Waals surface area (Å²) >= 11 is 1.71. The van der Waals surface area contributed by atoms with Crippen molar-refractivity contribution in [1.29, 1.82) is 0 Å². The second kappa shape index (κ2) is 9.62. The third-order valence-electron chi connectivity index (χ3n) is 3.77. The molecule has 0 fully saturated rings. The molecular formula is C17H28N4S. The molecule has 0 saturated carbocycles. The number of hydrogen-bond donors (Lipinski definition) is 2. The number of rotatable bonds is 7. The molecule has 0 radical (unpaired) electrons. The fraction of sp³-hybridized carbons (Fsp3) is 0.647. The molecule has 2 rings (SSSR count). The van der Waals surface area contributed by atoms with E-state index in [0.717, 1.165) is 49.1 Å². The molecule has 1 aromatic rings. The molecule has 4 nitrogen and oxygen atoms in total. The number of nitrogens with zero attached hydrogens (tertiary/aromatic N) is 2. The summed E-state index contributed by atoms with van der Waals surface area (Å²) in [5.74, 6) is 0.922. The predicted molar refractivity (Wildman–Crippen MR) is 95.7 cm³/mol. The molecule has 122 valence electrons. The van der Waals surface area contributed by atoms with Crippen molar-refractivity contribution in [3.8, 4) is 0 Å². The van der Waals surface area contributed by atoms with Gasteiger partial charge >= 0.3 is 0 Å². The highest BCUT2D eigenvalue weighted by atomic mass is 32.1. The zero-order chi connectivity index (χ0) is 15.6. The molecule has 0 aromatic carbocycles. The van der Waals surface area contributed by atoms with Crippen LogP contribution in [0.4, 0.5) is 0 Å². The van der Waals surface area contributed by atoms with Crippen LogP contribution in [0.1, 0.15) is 49.7 Å². The van der Waals surface area contributed by atoms with Crippen molar-refractivity contribution in [3.63, 3.8) is 0 Å². The van der Waals surface area contributed by atoms with Crippen LogP contribution < -0.4 is 10.6 Å². The Kier molecular flexibility index (Phi) is 7.43. The van der Waals surface area contributed by atoms with Gasteiger partial charge in [0.05, 0.1) is 10.7 Å². The number of thiazole rings is 1. The van der Waals surface area contributed by atoms with Gasteiger partial charge in [-0.3, -0.25) is 4.99 Å². The molecule has 0 amide bonds. The fourth-order valence-electron chi connectivity index (χ4n) is 2.62. The molecule has 0 atom stereocenters. The van der Waals surface area contributed by atoms with Gasteiger partial charge in [-0.2, -0.15) is 0 Å². The van der Waals surface area contributed by atoms with Crippen molar-refractivity contribution in [2.75, 3.05) is 19.6 Å². The third-order valence-corrected chi connectivity index (χ3v) is 4.59. The second-order valence-corrected chi connectivity index (χ2v) is 6.72. The summed E-state index contributed by atoms with van der Waals surface area (Å²) in [7, 11) is 0. The van der Waals surface area contributed by atoms with Gasteiger partial charge in [0, 0.05) is 31.4 Å². The minimum absolute atomic E-state index is 0.779. The van der Waals surface area contributed by atoms with E-state index in [4.69, 9.17) is 0 Å². The van der Waals surface area contributed by atoms with Gasteiger partial charge in [-0.1, -0.05) is 11.6 Å². The Morgan fingerprint density at radius 2 is 2.23 bits per heavy atom. The first kappa shape index (κ1) is 17.0. The lowest BCUT2D eigenvalue weighted by Gasteiger charge is -2.15. The summed E-state index contributed by atoms with van der Waals surface area (Å²) in [5.41, 5.74) is 2.75. The molecule has 0 bridgehead atoms. The smallest absolute Gasteiger partial charge is 0.191 e. The van der Waals surface area contributed by atoms with Crippen LogP contribution in [-0.4, -0.2) is 30.6 Å². The van der Waals surface area contributed by atoms with Crippen LogP contribution in [0, 0.1) is 6.92 Å². The van der Waals surface area contributed by atoms with Crippen LogP contribution in [0.15, 0.2) is 22.0 Å². The average molecular weight is 321 g/mol. The van der Waals surface area contributed by atoms with Gasteiger partial charge < -0.3 is 10.6 Å². The number of aryl methyl sites for hydroxylation is 1. The van der Waals surface area contributed by atoms with E-state index in [9.17, 15) is 0 Å². The van der Waals surface area contributed by atoms with Crippen LogP contribution in [0.5, 0.6) is 0 Å². The molecule has 1 aliphatic carbocycles. The molecule has 2 N–H and O–H groups in total. The molecule has 1 heterocycles. The van der Waals surface area contributed by atoms with Gasteiger partial charge in [0.15, 0.2) is 5.96 Å². The van der Waals surface area contributed by atoms with Crippen LogP contribution in [-0.2, 0) is 6.42 Å². The standard InChI is InChI=1S/C17H28N4S/c1-3-18-17(19-11-9-15-7-5-4-6-8-15)20-12-10-16-13-22-14(2)21-16/h7,13H,3-6,8-12H2,1-2H3,(H2,18,19,20). The van der Waals surface area contributed by atoms with Crippen LogP contribution in [0.3, 0.4) is 0 Å². The minimum Gasteiger partial charge on any atom is -0.357 e. The van der Waals surface area contributed by atoms with E-state index in [2.05, 4.69) is 39.0 Å². The van der Waals surface area contributed by atoms with Gasteiger partial charge in [-0.25, -0.2) is 4.98 Å². The zero-order valence-corrected chi connectivity index (χ0v) is 14.6. The number of guanidine groups is 1. The van der Waals surface area contributed by atoms with Gasteiger partial charge in [-0.15, -0.1) is 11.3 Å². The molecule has 5 heteroatoms. The lowest BCUT2D eigenvalue weighted by molar-refractivity contribution is 0.665. The maximum atomic E-state index is 4.64. The van der Waals surface area contributed by atoms with Crippen LogP contribution in [0.2, 0.25) is 0 Å². The number of nitrogens with one attached hydrogen (secondary N) is 2. The topological polar surface area (TPSA) is 49.3 Å². The van der Waals surface area contributed by atoms with Gasteiger partial charge in [0.2, 0.25) is 0 Å². The number of aromatic nitrogens is 1. The Labute approximate surface area is 138 Å². The molecule has 1 aliphatic rings. The highest BCUT2D eigenvalue weighted by molar-refractivity contribution is 7.09. The second-order valence-electron chi connectivity index (χ2n) is 5.65. The van der Waals surface area contributed by atoms with Crippen molar-refractivity contribution < 1.29 is 0 Å². The first-order chi connectivity index (χ1) is 10.8.